The van der Waals surface area contributed by atoms with Crippen LogP contribution in [0.1, 0.15) is 47.5 Å². The van der Waals surface area contributed by atoms with Crippen molar-refractivity contribution in [1.29, 1.82) is 0 Å². The van der Waals surface area contributed by atoms with Gasteiger partial charge in [-0.05, 0) is 31.6 Å². The molecule has 78 valence electrons. The van der Waals surface area contributed by atoms with E-state index in [4.69, 9.17) is 0 Å². The summed E-state index contributed by atoms with van der Waals surface area (Å²) in [4.78, 5) is 11.9. The van der Waals surface area contributed by atoms with Crippen molar-refractivity contribution in [1.82, 2.24) is 0 Å². The topological polar surface area (TPSA) is 17.1 Å². The van der Waals surface area contributed by atoms with Crippen molar-refractivity contribution in [3.05, 3.63) is 11.1 Å². The zero-order chi connectivity index (χ0) is 10.7. The Balaban J connectivity index is 2.44. The SMILES string of the molecule is CC(C)=C1C[C@@]2(C)CC(=O)C(C)(C)[C@@H]12. The van der Waals surface area contributed by atoms with Crippen LogP contribution in [-0.4, -0.2) is 5.78 Å². The second-order valence-corrected chi connectivity index (χ2v) is 6.11. The average Bonchev–Trinajstić information content (AvgIpc) is 2.08. The molecule has 0 saturated heterocycles. The van der Waals surface area contributed by atoms with Crippen LogP contribution in [0.4, 0.5) is 0 Å². The molecule has 0 amide bonds. The Hall–Kier alpha value is -0.590. The van der Waals surface area contributed by atoms with E-state index in [2.05, 4.69) is 34.6 Å². The van der Waals surface area contributed by atoms with Gasteiger partial charge in [0.1, 0.15) is 5.78 Å². The van der Waals surface area contributed by atoms with Crippen molar-refractivity contribution in [2.24, 2.45) is 16.7 Å². The molecule has 2 aliphatic rings. The highest BCUT2D eigenvalue weighted by Gasteiger charge is 2.62. The fourth-order valence-electron chi connectivity index (χ4n) is 3.62. The second kappa shape index (κ2) is 2.50. The van der Waals surface area contributed by atoms with Gasteiger partial charge in [0.05, 0.1) is 0 Å². The molecule has 0 spiro atoms. The van der Waals surface area contributed by atoms with Crippen LogP contribution in [0.25, 0.3) is 0 Å². The van der Waals surface area contributed by atoms with E-state index in [0.29, 0.717) is 11.7 Å². The lowest BCUT2D eigenvalue weighted by molar-refractivity contribution is -0.125. The van der Waals surface area contributed by atoms with Crippen molar-refractivity contribution >= 4 is 5.78 Å². The van der Waals surface area contributed by atoms with Gasteiger partial charge in [0.15, 0.2) is 0 Å². The minimum Gasteiger partial charge on any atom is -0.299 e. The summed E-state index contributed by atoms with van der Waals surface area (Å²) >= 11 is 0. The lowest BCUT2D eigenvalue weighted by Crippen LogP contribution is -2.42. The normalized spacial score (nSPS) is 39.4. The molecule has 2 fully saturated rings. The Labute approximate surface area is 86.6 Å². The average molecular weight is 192 g/mol. The predicted molar refractivity (Wildman–Crippen MR) is 58.0 cm³/mol. The monoisotopic (exact) mass is 192 g/mol. The maximum atomic E-state index is 11.9. The maximum Gasteiger partial charge on any atom is 0.139 e. The zero-order valence-electron chi connectivity index (χ0n) is 9.90. The van der Waals surface area contributed by atoms with Crippen molar-refractivity contribution in [3.8, 4) is 0 Å². The molecular formula is C13H20O. The number of Topliss-reactive ketones (excluding diaryl/α,β-unsaturated/α-hetero) is 1. The molecule has 1 heteroatoms. The molecule has 2 rings (SSSR count). The van der Waals surface area contributed by atoms with Crippen molar-refractivity contribution in [2.75, 3.05) is 0 Å². The molecule has 14 heavy (non-hydrogen) atoms. The number of carbonyl (C=O) groups excluding carboxylic acids is 1. The van der Waals surface area contributed by atoms with Gasteiger partial charge in [-0.2, -0.15) is 0 Å². The van der Waals surface area contributed by atoms with Crippen LogP contribution in [0.15, 0.2) is 11.1 Å². The maximum absolute atomic E-state index is 11.9. The summed E-state index contributed by atoms with van der Waals surface area (Å²) in [6.45, 7) is 10.9. The first-order chi connectivity index (χ1) is 6.29. The smallest absolute Gasteiger partial charge is 0.139 e. The lowest BCUT2D eigenvalue weighted by atomic mass is 9.54. The first kappa shape index (κ1) is 9.95. The summed E-state index contributed by atoms with van der Waals surface area (Å²) in [5.41, 5.74) is 3.14. The molecule has 0 bridgehead atoms. The Kier molecular flexibility index (Phi) is 1.78. The zero-order valence-corrected chi connectivity index (χ0v) is 9.90. The van der Waals surface area contributed by atoms with Gasteiger partial charge in [0.2, 0.25) is 0 Å². The number of hydrogen-bond donors (Lipinski definition) is 0. The summed E-state index contributed by atoms with van der Waals surface area (Å²) in [5.74, 6) is 0.980. The molecule has 0 N–H and O–H groups in total. The summed E-state index contributed by atoms with van der Waals surface area (Å²) in [6, 6.07) is 0. The van der Waals surface area contributed by atoms with Crippen molar-refractivity contribution in [2.45, 2.75) is 47.5 Å². The van der Waals surface area contributed by atoms with Gasteiger partial charge in [-0.15, -0.1) is 0 Å². The highest BCUT2D eigenvalue weighted by atomic mass is 16.1. The van der Waals surface area contributed by atoms with Crippen LogP contribution in [0.3, 0.4) is 0 Å². The molecule has 0 unspecified atom stereocenters. The first-order valence-corrected chi connectivity index (χ1v) is 5.48. The number of allylic oxidation sites excluding steroid dienone is 2. The minimum absolute atomic E-state index is 0.112. The van der Waals surface area contributed by atoms with Crippen LogP contribution in [0.2, 0.25) is 0 Å². The molecule has 2 aliphatic carbocycles. The quantitative estimate of drug-likeness (QED) is 0.538. The first-order valence-electron chi connectivity index (χ1n) is 5.48. The highest BCUT2D eigenvalue weighted by Crippen LogP contribution is 2.66. The van der Waals surface area contributed by atoms with Gasteiger partial charge in [-0.3, -0.25) is 4.79 Å². The molecule has 1 nitrogen and oxygen atoms in total. The number of hydrogen-bond acceptors (Lipinski definition) is 1. The van der Waals surface area contributed by atoms with Crippen LogP contribution in [-0.2, 0) is 4.79 Å². The number of ketones is 1. The third-order valence-electron chi connectivity index (χ3n) is 4.29. The minimum atomic E-state index is -0.112. The van der Waals surface area contributed by atoms with E-state index in [1.54, 1.807) is 5.57 Å². The summed E-state index contributed by atoms with van der Waals surface area (Å²) in [7, 11) is 0. The standard InChI is InChI=1S/C13H20O/c1-8(2)9-6-13(5)7-10(14)12(3,4)11(9)13/h11H,6-7H2,1-5H3/t11-,13+/m1/s1. The molecule has 0 aliphatic heterocycles. The van der Waals surface area contributed by atoms with Gasteiger partial charge in [0, 0.05) is 11.8 Å². The third-order valence-corrected chi connectivity index (χ3v) is 4.29. The number of fused-ring (bicyclic) bond motifs is 1. The molecule has 0 radical (unpaired) electrons. The summed E-state index contributed by atoms with van der Waals surface area (Å²) in [6.07, 6.45) is 1.94. The molecule has 0 aromatic carbocycles. The molecule has 0 heterocycles. The molecule has 2 atom stereocenters. The molecule has 0 aromatic rings. The van der Waals surface area contributed by atoms with E-state index >= 15 is 0 Å². The van der Waals surface area contributed by atoms with E-state index < -0.39 is 0 Å². The van der Waals surface area contributed by atoms with E-state index in [9.17, 15) is 4.79 Å². The lowest BCUT2D eigenvalue weighted by Gasteiger charge is -2.49. The summed E-state index contributed by atoms with van der Waals surface area (Å²) in [5, 5.41) is 0. The van der Waals surface area contributed by atoms with Gasteiger partial charge in [-0.25, -0.2) is 0 Å². The van der Waals surface area contributed by atoms with Gasteiger partial charge < -0.3 is 0 Å². The van der Waals surface area contributed by atoms with E-state index in [1.807, 2.05) is 0 Å². The Bertz CT molecular complexity index is 331. The molecule has 0 aromatic heterocycles. The van der Waals surface area contributed by atoms with Gasteiger partial charge >= 0.3 is 0 Å². The predicted octanol–water partition coefficient (Wildman–Crippen LogP) is 3.35. The fourth-order valence-corrected chi connectivity index (χ4v) is 3.62. The Morgan fingerprint density at radius 1 is 1.21 bits per heavy atom. The van der Waals surface area contributed by atoms with E-state index in [1.165, 1.54) is 5.57 Å². The van der Waals surface area contributed by atoms with Crippen LogP contribution in [0, 0.1) is 16.7 Å². The summed E-state index contributed by atoms with van der Waals surface area (Å²) < 4.78 is 0. The van der Waals surface area contributed by atoms with Crippen molar-refractivity contribution in [3.63, 3.8) is 0 Å². The third kappa shape index (κ3) is 0.986. The molecule has 2 saturated carbocycles. The van der Waals surface area contributed by atoms with Crippen molar-refractivity contribution < 1.29 is 4.79 Å². The second-order valence-electron chi connectivity index (χ2n) is 6.11. The van der Waals surface area contributed by atoms with Crippen LogP contribution in [0.5, 0.6) is 0 Å². The van der Waals surface area contributed by atoms with Gasteiger partial charge in [-0.1, -0.05) is 31.9 Å². The number of rotatable bonds is 0. The van der Waals surface area contributed by atoms with Crippen LogP contribution >= 0.6 is 0 Å². The van der Waals surface area contributed by atoms with Gasteiger partial charge in [0.25, 0.3) is 0 Å². The largest absolute Gasteiger partial charge is 0.299 e. The Morgan fingerprint density at radius 2 is 1.79 bits per heavy atom. The Morgan fingerprint density at radius 3 is 2.21 bits per heavy atom. The fraction of sp³-hybridized carbons (Fsp3) is 0.769. The highest BCUT2D eigenvalue weighted by molar-refractivity contribution is 5.89. The number of carbonyl (C=O) groups is 1. The van der Waals surface area contributed by atoms with Crippen LogP contribution < -0.4 is 0 Å². The van der Waals surface area contributed by atoms with E-state index in [-0.39, 0.29) is 10.8 Å². The van der Waals surface area contributed by atoms with E-state index in [0.717, 1.165) is 12.8 Å². The molecular weight excluding hydrogens is 172 g/mol.